The zero-order valence-corrected chi connectivity index (χ0v) is 7.80. The molecule has 0 N–H and O–H groups in total. The quantitative estimate of drug-likeness (QED) is 0.471. The lowest BCUT2D eigenvalue weighted by Crippen LogP contribution is -2.17. The van der Waals surface area contributed by atoms with Gasteiger partial charge >= 0.3 is 12.4 Å². The summed E-state index contributed by atoms with van der Waals surface area (Å²) in [6.45, 7) is 0.398. The second-order valence-electron chi connectivity index (χ2n) is 1.93. The summed E-state index contributed by atoms with van der Waals surface area (Å²) in [6.07, 6.45) is -9.83. The van der Waals surface area contributed by atoms with Crippen LogP contribution in [0.4, 0.5) is 26.3 Å². The number of alkyl halides is 6. The zero-order valence-electron chi connectivity index (χ0n) is 5.65. The van der Waals surface area contributed by atoms with E-state index in [1.165, 1.54) is 0 Å². The summed E-state index contributed by atoms with van der Waals surface area (Å²) >= 11 is 0.634. The molecule has 0 aromatic carbocycles. The molecule has 0 aromatic heterocycles. The Morgan fingerprint density at radius 3 is 1.33 bits per heavy atom. The molecule has 0 aliphatic rings. The van der Waals surface area contributed by atoms with Crippen molar-refractivity contribution >= 4 is 22.6 Å². The van der Waals surface area contributed by atoms with Gasteiger partial charge in [0.1, 0.15) is 3.58 Å². The second-order valence-corrected chi connectivity index (χ2v) is 3.01. The average molecular weight is 304 g/mol. The van der Waals surface area contributed by atoms with Crippen LogP contribution >= 0.6 is 22.6 Å². The molecule has 12 heavy (non-hydrogen) atoms. The van der Waals surface area contributed by atoms with Gasteiger partial charge in [0.25, 0.3) is 0 Å². The second kappa shape index (κ2) is 3.43. The Morgan fingerprint density at radius 2 is 1.25 bits per heavy atom. The van der Waals surface area contributed by atoms with Crippen molar-refractivity contribution < 1.29 is 26.3 Å². The van der Waals surface area contributed by atoms with E-state index in [-0.39, 0.29) is 0 Å². The summed E-state index contributed by atoms with van der Waals surface area (Å²) in [5.41, 5.74) is -1.62. The molecule has 0 fully saturated rings. The van der Waals surface area contributed by atoms with E-state index >= 15 is 0 Å². The van der Waals surface area contributed by atoms with Crippen molar-refractivity contribution in [1.82, 2.24) is 0 Å². The van der Waals surface area contributed by atoms with Gasteiger partial charge in [-0.1, -0.05) is 0 Å². The standard InChI is InChI=1S/C5H3F6I/c1-2(4(6,7)8)3(12)5(9,10)11/h1H3. The monoisotopic (exact) mass is 304 g/mol. The minimum Gasteiger partial charge on any atom is -0.166 e. The Balaban J connectivity index is 4.96. The van der Waals surface area contributed by atoms with Crippen LogP contribution in [0, 0.1) is 0 Å². The van der Waals surface area contributed by atoms with E-state index in [2.05, 4.69) is 0 Å². The normalized spacial score (nSPS) is 16.0. The highest BCUT2D eigenvalue weighted by atomic mass is 127. The van der Waals surface area contributed by atoms with Crippen LogP contribution in [-0.2, 0) is 0 Å². The predicted octanol–water partition coefficient (Wildman–Crippen LogP) is 3.82. The Labute approximate surface area is 77.8 Å². The predicted molar refractivity (Wildman–Crippen MR) is 38.8 cm³/mol. The Morgan fingerprint density at radius 1 is 0.917 bits per heavy atom. The number of hydrogen-bond acceptors (Lipinski definition) is 0. The Hall–Kier alpha value is 0.0500. The van der Waals surface area contributed by atoms with Gasteiger partial charge in [0.2, 0.25) is 0 Å². The maximum absolute atomic E-state index is 11.7. The summed E-state index contributed by atoms with van der Waals surface area (Å²) in [5.74, 6) is 0. The van der Waals surface area contributed by atoms with Gasteiger partial charge in [0.15, 0.2) is 0 Å². The molecular formula is C5H3F6I. The summed E-state index contributed by atoms with van der Waals surface area (Å²) in [4.78, 5) is 0. The van der Waals surface area contributed by atoms with E-state index in [0.717, 1.165) is 0 Å². The third-order valence-corrected chi connectivity index (χ3v) is 2.42. The van der Waals surface area contributed by atoms with E-state index in [4.69, 9.17) is 0 Å². The first-order valence-electron chi connectivity index (χ1n) is 2.57. The van der Waals surface area contributed by atoms with Crippen LogP contribution in [0.15, 0.2) is 9.15 Å². The van der Waals surface area contributed by atoms with Crippen LogP contribution < -0.4 is 0 Å². The first kappa shape index (κ1) is 12.0. The topological polar surface area (TPSA) is 0 Å². The maximum Gasteiger partial charge on any atom is 0.422 e. The fourth-order valence-electron chi connectivity index (χ4n) is 0.337. The minimum atomic E-state index is -4.92. The summed E-state index contributed by atoms with van der Waals surface area (Å²) in [6, 6.07) is 0. The SMILES string of the molecule is CC(=C(I)C(F)(F)F)C(F)(F)F. The third-order valence-electron chi connectivity index (χ3n) is 1.00. The van der Waals surface area contributed by atoms with Crippen molar-refractivity contribution in [2.24, 2.45) is 0 Å². The van der Waals surface area contributed by atoms with Gasteiger partial charge in [0.05, 0.1) is 0 Å². The highest BCUT2D eigenvalue weighted by Crippen LogP contribution is 2.39. The first-order valence-corrected chi connectivity index (χ1v) is 3.65. The molecule has 0 aliphatic carbocycles. The summed E-state index contributed by atoms with van der Waals surface area (Å²) < 4.78 is 68.4. The van der Waals surface area contributed by atoms with Crippen LogP contribution in [0.3, 0.4) is 0 Å². The zero-order chi connectivity index (χ0) is 10.2. The van der Waals surface area contributed by atoms with E-state index in [1.54, 1.807) is 0 Å². The number of halogens is 7. The molecule has 0 unspecified atom stereocenters. The molecule has 0 saturated heterocycles. The van der Waals surface area contributed by atoms with Crippen molar-refractivity contribution in [3.05, 3.63) is 9.15 Å². The van der Waals surface area contributed by atoms with E-state index in [0.29, 0.717) is 29.5 Å². The molecule has 7 heteroatoms. The third kappa shape index (κ3) is 3.20. The fourth-order valence-corrected chi connectivity index (χ4v) is 0.643. The lowest BCUT2D eigenvalue weighted by atomic mass is 10.3. The van der Waals surface area contributed by atoms with Gasteiger partial charge in [-0.2, -0.15) is 26.3 Å². The van der Waals surface area contributed by atoms with Crippen LogP contribution in [0.5, 0.6) is 0 Å². The number of hydrogen-bond donors (Lipinski definition) is 0. The van der Waals surface area contributed by atoms with Gasteiger partial charge < -0.3 is 0 Å². The number of rotatable bonds is 0. The molecule has 0 rings (SSSR count). The van der Waals surface area contributed by atoms with Crippen molar-refractivity contribution in [1.29, 1.82) is 0 Å². The van der Waals surface area contributed by atoms with Crippen molar-refractivity contribution in [2.75, 3.05) is 0 Å². The highest BCUT2D eigenvalue weighted by Gasteiger charge is 2.41. The Bertz CT molecular complexity index is 175. The van der Waals surface area contributed by atoms with Crippen molar-refractivity contribution in [2.45, 2.75) is 19.3 Å². The summed E-state index contributed by atoms with van der Waals surface area (Å²) in [5, 5.41) is 0. The average Bonchev–Trinajstić information content (AvgIpc) is 1.80. The molecule has 0 aliphatic heterocycles. The molecule has 0 heterocycles. The maximum atomic E-state index is 11.7. The lowest BCUT2D eigenvalue weighted by molar-refractivity contribution is -0.108. The van der Waals surface area contributed by atoms with Crippen molar-refractivity contribution in [3.63, 3.8) is 0 Å². The molecule has 0 saturated carbocycles. The van der Waals surface area contributed by atoms with Gasteiger partial charge in [-0.25, -0.2) is 0 Å². The van der Waals surface area contributed by atoms with Crippen molar-refractivity contribution in [3.8, 4) is 0 Å². The molecular weight excluding hydrogens is 301 g/mol. The van der Waals surface area contributed by atoms with Gasteiger partial charge in [-0.3, -0.25) is 0 Å². The van der Waals surface area contributed by atoms with Gasteiger partial charge in [-0.05, 0) is 29.5 Å². The minimum absolute atomic E-state index is 0.398. The van der Waals surface area contributed by atoms with Crippen LogP contribution in [-0.4, -0.2) is 12.4 Å². The largest absolute Gasteiger partial charge is 0.422 e. The van der Waals surface area contributed by atoms with Gasteiger partial charge in [-0.15, -0.1) is 0 Å². The van der Waals surface area contributed by atoms with Crippen LogP contribution in [0.25, 0.3) is 0 Å². The first-order chi connectivity index (χ1) is 5.07. The molecule has 0 spiro atoms. The van der Waals surface area contributed by atoms with Crippen LogP contribution in [0.1, 0.15) is 6.92 Å². The van der Waals surface area contributed by atoms with E-state index in [1.807, 2.05) is 0 Å². The molecule has 0 radical (unpaired) electrons. The summed E-state index contributed by atoms with van der Waals surface area (Å²) in [7, 11) is 0. The molecule has 72 valence electrons. The van der Waals surface area contributed by atoms with Crippen LogP contribution in [0.2, 0.25) is 0 Å². The highest BCUT2D eigenvalue weighted by molar-refractivity contribution is 14.1. The van der Waals surface area contributed by atoms with E-state index in [9.17, 15) is 26.3 Å². The van der Waals surface area contributed by atoms with E-state index < -0.39 is 21.5 Å². The molecule has 0 aromatic rings. The molecule has 0 atom stereocenters. The number of allylic oxidation sites excluding steroid dienone is 2. The lowest BCUT2D eigenvalue weighted by Gasteiger charge is -2.12. The molecule has 0 amide bonds. The smallest absolute Gasteiger partial charge is 0.166 e. The molecule has 0 nitrogen and oxygen atoms in total. The molecule has 0 bridgehead atoms. The fraction of sp³-hybridized carbons (Fsp3) is 0.600. The van der Waals surface area contributed by atoms with Gasteiger partial charge in [0, 0.05) is 5.57 Å². The Kier molecular flexibility index (Phi) is 3.44.